The Morgan fingerprint density at radius 3 is 2.68 bits per heavy atom. The molecule has 2 aliphatic heterocycles. The number of ether oxygens (including phenoxy) is 3. The van der Waals surface area contributed by atoms with E-state index in [0.29, 0.717) is 0 Å². The van der Waals surface area contributed by atoms with Crippen LogP contribution in [0.15, 0.2) is 12.2 Å². The Balaban J connectivity index is 1.88. The fourth-order valence-corrected chi connectivity index (χ4v) is 5.60. The molecule has 7 nitrogen and oxygen atoms in total. The minimum Gasteiger partial charge on any atom is -0.459 e. The Kier molecular flexibility index (Phi) is 3.29. The van der Waals surface area contributed by atoms with Gasteiger partial charge < -0.3 is 24.4 Å². The molecule has 8 heteroatoms. The second-order valence-corrected chi connectivity index (χ2v) is 8.70. The van der Waals surface area contributed by atoms with Gasteiger partial charge in [0, 0.05) is 18.4 Å². The van der Waals surface area contributed by atoms with Crippen LogP contribution in [0.5, 0.6) is 0 Å². The van der Waals surface area contributed by atoms with E-state index < -0.39 is 64.3 Å². The van der Waals surface area contributed by atoms with Crippen LogP contribution in [0.25, 0.3) is 0 Å². The van der Waals surface area contributed by atoms with E-state index in [4.69, 9.17) is 25.8 Å². The molecule has 4 fully saturated rings. The normalized spacial score (nSPS) is 56.4. The number of fused-ring (bicyclic) bond motifs is 2. The van der Waals surface area contributed by atoms with Gasteiger partial charge >= 0.3 is 11.9 Å². The average molecular weight is 373 g/mol. The van der Waals surface area contributed by atoms with Gasteiger partial charge in [-0.3, -0.25) is 4.79 Å². The van der Waals surface area contributed by atoms with Crippen molar-refractivity contribution in [3.8, 4) is 0 Å². The summed E-state index contributed by atoms with van der Waals surface area (Å²) >= 11 is 6.66. The molecular weight excluding hydrogens is 352 g/mol. The summed E-state index contributed by atoms with van der Waals surface area (Å²) in [4.78, 5) is 22.5. The molecule has 0 aromatic carbocycles. The molecule has 0 aromatic rings. The first-order valence-electron chi connectivity index (χ1n) is 8.30. The summed E-state index contributed by atoms with van der Waals surface area (Å²) < 4.78 is 16.7. The van der Waals surface area contributed by atoms with E-state index in [9.17, 15) is 19.8 Å². The number of halogens is 1. The smallest absolute Gasteiger partial charge is 0.334 e. The Morgan fingerprint density at radius 1 is 1.44 bits per heavy atom. The van der Waals surface area contributed by atoms with Crippen molar-refractivity contribution < 1.29 is 34.0 Å². The fraction of sp³-hybridized carbons (Fsp3) is 0.765. The number of carbonyl (C=O) groups excluding carboxylic acids is 2. The van der Waals surface area contributed by atoms with Gasteiger partial charge in [0.1, 0.15) is 35.6 Å². The molecule has 1 spiro atoms. The first-order chi connectivity index (χ1) is 11.5. The van der Waals surface area contributed by atoms with Gasteiger partial charge in [-0.1, -0.05) is 6.58 Å². The minimum atomic E-state index is -1.61. The number of rotatable bonds is 1. The van der Waals surface area contributed by atoms with Crippen LogP contribution in [0.1, 0.15) is 27.2 Å². The Morgan fingerprint density at radius 2 is 2.08 bits per heavy atom. The molecule has 2 saturated carbocycles. The van der Waals surface area contributed by atoms with Gasteiger partial charge in [0.05, 0.1) is 10.8 Å². The van der Waals surface area contributed by atoms with Crippen molar-refractivity contribution in [2.45, 2.75) is 67.7 Å². The van der Waals surface area contributed by atoms with Gasteiger partial charge in [0.25, 0.3) is 0 Å². The van der Waals surface area contributed by atoms with Crippen LogP contribution < -0.4 is 0 Å². The number of hydrogen-bond donors (Lipinski definition) is 2. The van der Waals surface area contributed by atoms with Gasteiger partial charge in [-0.2, -0.15) is 0 Å². The fourth-order valence-electron chi connectivity index (χ4n) is 5.19. The van der Waals surface area contributed by atoms with Crippen molar-refractivity contribution >= 4 is 23.5 Å². The first-order valence-corrected chi connectivity index (χ1v) is 8.68. The van der Waals surface area contributed by atoms with E-state index in [2.05, 4.69) is 6.58 Å². The van der Waals surface area contributed by atoms with E-state index in [0.717, 1.165) is 0 Å². The quantitative estimate of drug-likeness (QED) is 0.295. The molecule has 4 aliphatic rings. The van der Waals surface area contributed by atoms with Crippen molar-refractivity contribution in [1.29, 1.82) is 0 Å². The van der Waals surface area contributed by atoms with E-state index in [-0.39, 0.29) is 12.0 Å². The largest absolute Gasteiger partial charge is 0.459 e. The highest BCUT2D eigenvalue weighted by atomic mass is 35.5. The number of epoxide rings is 1. The third-order valence-electron chi connectivity index (χ3n) is 6.49. The molecule has 2 N–H and O–H groups in total. The molecule has 0 aromatic heterocycles. The molecule has 0 amide bonds. The van der Waals surface area contributed by atoms with E-state index >= 15 is 0 Å². The zero-order chi connectivity index (χ0) is 18.5. The summed E-state index contributed by atoms with van der Waals surface area (Å²) in [5.74, 6) is -2.26. The van der Waals surface area contributed by atoms with Crippen molar-refractivity contribution in [2.75, 3.05) is 0 Å². The molecule has 2 heterocycles. The Hall–Kier alpha value is -1.15. The Bertz CT molecular complexity index is 686. The number of carbonyl (C=O) groups is 2. The molecule has 0 bridgehead atoms. The summed E-state index contributed by atoms with van der Waals surface area (Å²) in [6, 6.07) is 0. The van der Waals surface area contributed by atoms with Crippen LogP contribution in [0.2, 0.25) is 0 Å². The predicted octanol–water partition coefficient (Wildman–Crippen LogP) is 0.296. The van der Waals surface area contributed by atoms with Crippen molar-refractivity contribution in [1.82, 2.24) is 0 Å². The standard InChI is InChI=1S/C17H21ClO7/c1-6-8-5-9(23-7(2)19)16(4,22)17-11(10(8)24-14(6)21)15(3,18)12(20)13(17)25-17/h8-13,20,22H,1,5H2,2-4H3/t8-,9-,10?,11?,12-,13+,15-,16-,17-/m0/s1. The van der Waals surface area contributed by atoms with Gasteiger partial charge in [-0.15, -0.1) is 11.6 Å². The maximum atomic E-state index is 12.1. The van der Waals surface area contributed by atoms with Gasteiger partial charge in [0.2, 0.25) is 0 Å². The monoisotopic (exact) mass is 372 g/mol. The van der Waals surface area contributed by atoms with Crippen molar-refractivity contribution in [2.24, 2.45) is 11.8 Å². The van der Waals surface area contributed by atoms with Crippen LogP contribution in [0.3, 0.4) is 0 Å². The summed E-state index contributed by atoms with van der Waals surface area (Å²) in [7, 11) is 0. The number of aliphatic hydroxyl groups is 2. The van der Waals surface area contributed by atoms with Gasteiger partial charge in [-0.25, -0.2) is 4.79 Å². The molecular formula is C17H21ClO7. The van der Waals surface area contributed by atoms with Gasteiger partial charge in [0.15, 0.2) is 0 Å². The van der Waals surface area contributed by atoms with Crippen LogP contribution in [0, 0.1) is 11.8 Å². The third kappa shape index (κ3) is 1.87. The average Bonchev–Trinajstić information content (AvgIpc) is 3.14. The highest BCUT2D eigenvalue weighted by molar-refractivity contribution is 6.25. The zero-order valence-corrected chi connectivity index (χ0v) is 14.9. The van der Waals surface area contributed by atoms with E-state index in [1.807, 2.05) is 0 Å². The lowest BCUT2D eigenvalue weighted by Crippen LogP contribution is -2.58. The SMILES string of the molecule is C=C1C(=O)OC2C3[C@](C)(Cl)[C@@H](O)[C@H]4O[C@@]34[C@@](C)(O)[C@@H](OC(C)=O)C[C@@H]12. The second-order valence-electron chi connectivity index (χ2n) is 7.89. The van der Waals surface area contributed by atoms with Crippen LogP contribution in [-0.2, 0) is 23.8 Å². The van der Waals surface area contributed by atoms with Crippen molar-refractivity contribution in [3.63, 3.8) is 0 Å². The van der Waals surface area contributed by atoms with Crippen LogP contribution in [-0.4, -0.2) is 62.6 Å². The third-order valence-corrected chi connectivity index (χ3v) is 6.95. The summed E-state index contributed by atoms with van der Waals surface area (Å²) in [6.45, 7) is 8.21. The number of aliphatic hydroxyl groups excluding tert-OH is 1. The first kappa shape index (κ1) is 17.3. The van der Waals surface area contributed by atoms with Crippen LogP contribution >= 0.6 is 11.6 Å². The predicted molar refractivity (Wildman–Crippen MR) is 84.7 cm³/mol. The number of esters is 2. The molecule has 9 atom stereocenters. The summed E-state index contributed by atoms with van der Waals surface area (Å²) in [5.41, 5.74) is -2.62. The van der Waals surface area contributed by atoms with E-state index in [1.165, 1.54) is 13.8 Å². The molecule has 138 valence electrons. The maximum Gasteiger partial charge on any atom is 0.334 e. The summed E-state index contributed by atoms with van der Waals surface area (Å²) in [6.07, 6.45) is -3.28. The number of alkyl halides is 1. The topological polar surface area (TPSA) is 106 Å². The molecule has 4 rings (SSSR count). The van der Waals surface area contributed by atoms with E-state index in [1.54, 1.807) is 6.92 Å². The summed E-state index contributed by atoms with van der Waals surface area (Å²) in [5, 5.41) is 21.9. The molecule has 2 aliphatic carbocycles. The number of hydrogen-bond acceptors (Lipinski definition) is 7. The highest BCUT2D eigenvalue weighted by Crippen LogP contribution is 2.69. The highest BCUT2D eigenvalue weighted by Gasteiger charge is 2.87. The molecule has 2 saturated heterocycles. The lowest BCUT2D eigenvalue weighted by atomic mass is 9.74. The lowest BCUT2D eigenvalue weighted by Gasteiger charge is -2.41. The lowest BCUT2D eigenvalue weighted by molar-refractivity contribution is -0.175. The molecule has 25 heavy (non-hydrogen) atoms. The Labute approximate surface area is 149 Å². The minimum absolute atomic E-state index is 0.166. The van der Waals surface area contributed by atoms with Crippen LogP contribution in [0.4, 0.5) is 0 Å². The second kappa shape index (κ2) is 4.76. The molecule has 2 unspecified atom stereocenters. The molecule has 0 radical (unpaired) electrons. The van der Waals surface area contributed by atoms with Gasteiger partial charge in [-0.05, 0) is 20.3 Å². The van der Waals surface area contributed by atoms with Crippen molar-refractivity contribution in [3.05, 3.63) is 12.2 Å². The maximum absolute atomic E-state index is 12.1. The zero-order valence-electron chi connectivity index (χ0n) is 14.2.